The summed E-state index contributed by atoms with van der Waals surface area (Å²) in [5.74, 6) is 0. The van der Waals surface area contributed by atoms with E-state index in [1.54, 1.807) is 12.2 Å². The molecule has 6 nitrogen and oxygen atoms in total. The Bertz CT molecular complexity index is 342. The molecule has 20 heavy (non-hydrogen) atoms. The first-order valence-corrected chi connectivity index (χ1v) is 6.51. The molecule has 4 N–H and O–H groups in total. The molecule has 0 radical (unpaired) electrons. The minimum atomic E-state index is -1.10. The lowest BCUT2D eigenvalue weighted by molar-refractivity contribution is 0.179. The zero-order valence-corrected chi connectivity index (χ0v) is 13.0. The van der Waals surface area contributed by atoms with Crippen molar-refractivity contribution in [2.24, 2.45) is 10.8 Å². The molecule has 0 heterocycles. The van der Waals surface area contributed by atoms with Crippen LogP contribution in [-0.4, -0.2) is 34.5 Å². The number of hydrogen-bond donors (Lipinski definition) is 4. The van der Waals surface area contributed by atoms with Gasteiger partial charge in [0.2, 0.25) is 0 Å². The first-order chi connectivity index (χ1) is 8.84. The first kappa shape index (κ1) is 18.3. The van der Waals surface area contributed by atoms with Crippen molar-refractivity contribution in [3.63, 3.8) is 0 Å². The normalized spacial score (nSPS) is 15.7. The van der Waals surface area contributed by atoms with E-state index in [4.69, 9.17) is 10.2 Å². The van der Waals surface area contributed by atoms with Gasteiger partial charge in [0.05, 0.1) is 12.1 Å². The first-order valence-electron chi connectivity index (χ1n) is 6.51. The van der Waals surface area contributed by atoms with Crippen LogP contribution in [0.2, 0.25) is 0 Å². The molecular weight excluding hydrogens is 260 g/mol. The van der Waals surface area contributed by atoms with Gasteiger partial charge >= 0.3 is 12.2 Å². The quantitative estimate of drug-likeness (QED) is 0.597. The number of carbonyl (C=O) groups is 2. The summed E-state index contributed by atoms with van der Waals surface area (Å²) >= 11 is 0. The lowest BCUT2D eigenvalue weighted by atomic mass is 9.83. The smallest absolute Gasteiger partial charge is 0.405 e. The van der Waals surface area contributed by atoms with E-state index in [1.807, 2.05) is 41.5 Å². The van der Waals surface area contributed by atoms with Crippen LogP contribution in [0.15, 0.2) is 12.2 Å². The van der Waals surface area contributed by atoms with Gasteiger partial charge in [0.25, 0.3) is 0 Å². The molecule has 6 heteroatoms. The molecule has 116 valence electrons. The van der Waals surface area contributed by atoms with Gasteiger partial charge in [-0.1, -0.05) is 53.7 Å². The molecule has 0 aliphatic carbocycles. The average Bonchev–Trinajstić information content (AvgIpc) is 2.17. The molecule has 0 aromatic rings. The molecular formula is C14H26N2O4. The van der Waals surface area contributed by atoms with E-state index < -0.39 is 24.3 Å². The monoisotopic (exact) mass is 286 g/mol. The maximum Gasteiger partial charge on any atom is 0.405 e. The highest BCUT2D eigenvalue weighted by Gasteiger charge is 2.27. The van der Waals surface area contributed by atoms with Crippen molar-refractivity contribution < 1.29 is 19.8 Å². The minimum absolute atomic E-state index is 0.305. The van der Waals surface area contributed by atoms with Gasteiger partial charge in [0.15, 0.2) is 0 Å². The Labute approximate surface area is 120 Å². The fraction of sp³-hybridized carbons (Fsp3) is 0.714. The molecule has 2 amide bonds. The Kier molecular flexibility index (Phi) is 6.06. The topological polar surface area (TPSA) is 98.7 Å². The fourth-order valence-electron chi connectivity index (χ4n) is 1.59. The minimum Gasteiger partial charge on any atom is -0.465 e. The largest absolute Gasteiger partial charge is 0.465 e. The summed E-state index contributed by atoms with van der Waals surface area (Å²) in [5.41, 5.74) is -0.610. The van der Waals surface area contributed by atoms with E-state index in [2.05, 4.69) is 10.6 Å². The van der Waals surface area contributed by atoms with Gasteiger partial charge in [-0.3, -0.25) is 0 Å². The maximum atomic E-state index is 10.8. The lowest BCUT2D eigenvalue weighted by Gasteiger charge is -2.31. The Hall–Kier alpha value is -1.72. The van der Waals surface area contributed by atoms with Gasteiger partial charge in [-0.15, -0.1) is 0 Å². The standard InChI is InChI=1S/C14H26N2O4/c1-13(2,3)9(15-11(17)18)7-8-10(14(4,5)6)16-12(19)20/h7-10,15-16H,1-6H3,(H,17,18)(H,19,20)/b8-7-. The second-order valence-electron chi connectivity index (χ2n) is 6.97. The van der Waals surface area contributed by atoms with Crippen LogP contribution in [0.5, 0.6) is 0 Å². The number of hydrogen-bond acceptors (Lipinski definition) is 2. The summed E-state index contributed by atoms with van der Waals surface area (Å²) < 4.78 is 0. The van der Waals surface area contributed by atoms with E-state index in [-0.39, 0.29) is 10.8 Å². The SMILES string of the molecule is CC(C)(C)C(/C=C\C(NC(=O)O)C(C)(C)C)NC(=O)O. The third-order valence-electron chi connectivity index (χ3n) is 2.92. The van der Waals surface area contributed by atoms with Crippen LogP contribution in [0.25, 0.3) is 0 Å². The summed E-state index contributed by atoms with van der Waals surface area (Å²) in [7, 11) is 0. The van der Waals surface area contributed by atoms with Gasteiger partial charge in [0.1, 0.15) is 0 Å². The third-order valence-corrected chi connectivity index (χ3v) is 2.92. The highest BCUT2D eigenvalue weighted by Crippen LogP contribution is 2.24. The van der Waals surface area contributed by atoms with Gasteiger partial charge < -0.3 is 20.8 Å². The second kappa shape index (κ2) is 6.63. The molecule has 0 saturated carbocycles. The van der Waals surface area contributed by atoms with Gasteiger partial charge in [-0.25, -0.2) is 9.59 Å². The molecule has 0 spiro atoms. The molecule has 0 fully saturated rings. The number of rotatable bonds is 4. The summed E-state index contributed by atoms with van der Waals surface area (Å²) in [6.07, 6.45) is 1.21. The molecule has 0 aromatic carbocycles. The van der Waals surface area contributed by atoms with Crippen LogP contribution in [0.1, 0.15) is 41.5 Å². The molecule has 0 bridgehead atoms. The van der Waals surface area contributed by atoms with E-state index in [9.17, 15) is 9.59 Å². The van der Waals surface area contributed by atoms with Crippen LogP contribution < -0.4 is 10.6 Å². The Morgan fingerprint density at radius 1 is 0.800 bits per heavy atom. The van der Waals surface area contributed by atoms with Crippen molar-refractivity contribution in [1.82, 2.24) is 10.6 Å². The predicted molar refractivity (Wildman–Crippen MR) is 77.9 cm³/mol. The third kappa shape index (κ3) is 7.01. The molecule has 0 aliphatic heterocycles. The summed E-state index contributed by atoms with van der Waals surface area (Å²) in [5, 5.41) is 22.6. The van der Waals surface area contributed by atoms with Gasteiger partial charge in [0, 0.05) is 0 Å². The highest BCUT2D eigenvalue weighted by atomic mass is 16.4. The number of carboxylic acid groups (broad SMARTS) is 2. The molecule has 0 saturated heterocycles. The summed E-state index contributed by atoms with van der Waals surface area (Å²) in [4.78, 5) is 21.6. The number of nitrogens with one attached hydrogen (secondary N) is 2. The summed E-state index contributed by atoms with van der Waals surface area (Å²) in [6.45, 7) is 11.5. The van der Waals surface area contributed by atoms with Crippen molar-refractivity contribution in [2.75, 3.05) is 0 Å². The Morgan fingerprint density at radius 3 is 1.20 bits per heavy atom. The van der Waals surface area contributed by atoms with E-state index in [0.717, 1.165) is 0 Å². The predicted octanol–water partition coefficient (Wildman–Crippen LogP) is 2.91. The maximum absolute atomic E-state index is 10.8. The molecule has 2 atom stereocenters. The van der Waals surface area contributed by atoms with E-state index >= 15 is 0 Å². The summed E-state index contributed by atoms with van der Waals surface area (Å²) in [6, 6.07) is -0.805. The zero-order valence-electron chi connectivity index (χ0n) is 13.0. The van der Waals surface area contributed by atoms with Crippen molar-refractivity contribution in [3.05, 3.63) is 12.2 Å². The molecule has 2 unspecified atom stereocenters. The fourth-order valence-corrected chi connectivity index (χ4v) is 1.59. The second-order valence-corrected chi connectivity index (χ2v) is 6.97. The molecule has 0 rings (SSSR count). The van der Waals surface area contributed by atoms with Gasteiger partial charge in [-0.2, -0.15) is 0 Å². The van der Waals surface area contributed by atoms with E-state index in [1.165, 1.54) is 0 Å². The highest BCUT2D eigenvalue weighted by molar-refractivity contribution is 5.66. The lowest BCUT2D eigenvalue weighted by Crippen LogP contribution is -2.44. The Morgan fingerprint density at radius 2 is 1.05 bits per heavy atom. The van der Waals surface area contributed by atoms with Crippen molar-refractivity contribution in [2.45, 2.75) is 53.6 Å². The van der Waals surface area contributed by atoms with Gasteiger partial charge in [-0.05, 0) is 10.8 Å². The van der Waals surface area contributed by atoms with Crippen LogP contribution in [-0.2, 0) is 0 Å². The van der Waals surface area contributed by atoms with Crippen molar-refractivity contribution in [1.29, 1.82) is 0 Å². The molecule has 0 aliphatic rings. The van der Waals surface area contributed by atoms with Crippen molar-refractivity contribution in [3.8, 4) is 0 Å². The average molecular weight is 286 g/mol. The Balaban J connectivity index is 5.13. The van der Waals surface area contributed by atoms with Crippen LogP contribution >= 0.6 is 0 Å². The van der Waals surface area contributed by atoms with Crippen LogP contribution in [0.4, 0.5) is 9.59 Å². The zero-order chi connectivity index (χ0) is 16.1. The van der Waals surface area contributed by atoms with Crippen LogP contribution in [0, 0.1) is 10.8 Å². The van der Waals surface area contributed by atoms with Crippen LogP contribution in [0.3, 0.4) is 0 Å². The van der Waals surface area contributed by atoms with Crippen molar-refractivity contribution >= 4 is 12.2 Å². The molecule has 0 aromatic heterocycles. The number of amides is 2. The van der Waals surface area contributed by atoms with E-state index in [0.29, 0.717) is 0 Å².